The number of hydrogen-bond acceptors (Lipinski definition) is 3. The van der Waals surface area contributed by atoms with Gasteiger partial charge in [0.25, 0.3) is 0 Å². The first-order valence-corrected chi connectivity index (χ1v) is 9.20. The number of rotatable bonds is 3. The molecule has 2 saturated heterocycles. The molecule has 0 radical (unpaired) electrons. The van der Waals surface area contributed by atoms with Crippen LogP contribution in [-0.4, -0.2) is 85.0 Å². The zero-order chi connectivity index (χ0) is 16.2. The van der Waals surface area contributed by atoms with E-state index in [9.17, 15) is 4.79 Å². The Kier molecular flexibility index (Phi) is 5.41. The molecule has 1 saturated carbocycles. The molecule has 23 heavy (non-hydrogen) atoms. The molecule has 1 atom stereocenters. The molecule has 0 bridgehead atoms. The number of carbonyl (C=O) groups is 1. The highest BCUT2D eigenvalue weighted by atomic mass is 16.2. The second-order valence-electron chi connectivity index (χ2n) is 7.05. The molecule has 1 N–H and O–H groups in total. The van der Waals surface area contributed by atoms with E-state index in [1.54, 1.807) is 0 Å². The first-order valence-electron chi connectivity index (χ1n) is 9.20. The lowest BCUT2D eigenvalue weighted by Crippen LogP contribution is -2.58. The minimum absolute atomic E-state index is 0.0110. The topological polar surface area (TPSA) is 51.2 Å². The first kappa shape index (κ1) is 16.6. The minimum atomic E-state index is 0.0110. The molecule has 1 unspecified atom stereocenters. The lowest BCUT2D eigenvalue weighted by atomic mass is 9.93. The molecular formula is C17H31N5O. The Morgan fingerprint density at radius 1 is 1.00 bits per heavy atom. The number of guanidine groups is 1. The summed E-state index contributed by atoms with van der Waals surface area (Å²) >= 11 is 0. The molecule has 3 fully saturated rings. The summed E-state index contributed by atoms with van der Waals surface area (Å²) in [6.07, 6.45) is 6.18. The molecule has 3 rings (SSSR count). The van der Waals surface area contributed by atoms with E-state index in [2.05, 4.69) is 27.0 Å². The number of aliphatic imine (C=N–C) groups is 1. The lowest BCUT2D eigenvalue weighted by molar-refractivity contribution is -0.135. The van der Waals surface area contributed by atoms with Gasteiger partial charge in [-0.15, -0.1) is 0 Å². The van der Waals surface area contributed by atoms with Gasteiger partial charge in [-0.3, -0.25) is 14.7 Å². The van der Waals surface area contributed by atoms with Gasteiger partial charge in [-0.05, 0) is 39.0 Å². The summed E-state index contributed by atoms with van der Waals surface area (Å²) in [5, 5.41) is 3.57. The van der Waals surface area contributed by atoms with Gasteiger partial charge in [0.05, 0.1) is 6.04 Å². The van der Waals surface area contributed by atoms with Crippen molar-refractivity contribution in [2.75, 3.05) is 46.3 Å². The van der Waals surface area contributed by atoms with E-state index in [4.69, 9.17) is 0 Å². The molecule has 1 amide bonds. The van der Waals surface area contributed by atoms with E-state index in [1.165, 1.54) is 19.3 Å². The van der Waals surface area contributed by atoms with Crippen LogP contribution in [-0.2, 0) is 4.79 Å². The average Bonchev–Trinajstić information content (AvgIpc) is 3.07. The van der Waals surface area contributed by atoms with Crippen LogP contribution in [0.5, 0.6) is 0 Å². The van der Waals surface area contributed by atoms with Crippen molar-refractivity contribution in [2.45, 2.75) is 51.1 Å². The summed E-state index contributed by atoms with van der Waals surface area (Å²) in [6, 6.07) is 0.624. The smallest absolute Gasteiger partial charge is 0.239 e. The third-order valence-corrected chi connectivity index (χ3v) is 5.59. The van der Waals surface area contributed by atoms with Crippen LogP contribution >= 0.6 is 0 Å². The molecule has 1 aliphatic carbocycles. The SMILES string of the molecule is CN=C(NC1CCC1)N1CCN(C(C)C(=O)N2CCCC2)CC1. The highest BCUT2D eigenvalue weighted by Crippen LogP contribution is 2.19. The van der Waals surface area contributed by atoms with E-state index < -0.39 is 0 Å². The number of piperazine rings is 1. The van der Waals surface area contributed by atoms with Gasteiger partial charge in [-0.1, -0.05) is 0 Å². The number of likely N-dealkylation sites (tertiary alicyclic amines) is 1. The zero-order valence-electron chi connectivity index (χ0n) is 14.6. The Bertz CT molecular complexity index is 434. The van der Waals surface area contributed by atoms with Crippen LogP contribution in [0.3, 0.4) is 0 Å². The van der Waals surface area contributed by atoms with Crippen LogP contribution in [0.25, 0.3) is 0 Å². The largest absolute Gasteiger partial charge is 0.354 e. The van der Waals surface area contributed by atoms with Crippen molar-refractivity contribution >= 4 is 11.9 Å². The molecule has 0 aromatic carbocycles. The maximum atomic E-state index is 12.5. The van der Waals surface area contributed by atoms with Crippen LogP contribution in [0.1, 0.15) is 39.0 Å². The van der Waals surface area contributed by atoms with Crippen molar-refractivity contribution < 1.29 is 4.79 Å². The van der Waals surface area contributed by atoms with Crippen LogP contribution in [0.4, 0.5) is 0 Å². The molecule has 2 heterocycles. The van der Waals surface area contributed by atoms with Crippen molar-refractivity contribution in [3.63, 3.8) is 0 Å². The molecule has 130 valence electrons. The Labute approximate surface area is 139 Å². The molecule has 0 spiro atoms. The summed E-state index contributed by atoms with van der Waals surface area (Å²) in [5.74, 6) is 1.35. The fraction of sp³-hybridized carbons (Fsp3) is 0.882. The summed E-state index contributed by atoms with van der Waals surface area (Å²) < 4.78 is 0. The average molecular weight is 321 g/mol. The number of amides is 1. The second-order valence-corrected chi connectivity index (χ2v) is 7.05. The lowest BCUT2D eigenvalue weighted by Gasteiger charge is -2.41. The number of nitrogens with zero attached hydrogens (tertiary/aromatic N) is 4. The molecule has 0 aromatic rings. The van der Waals surface area contributed by atoms with Crippen molar-refractivity contribution in [1.82, 2.24) is 20.0 Å². The van der Waals surface area contributed by atoms with Gasteiger partial charge < -0.3 is 15.1 Å². The van der Waals surface area contributed by atoms with E-state index in [0.29, 0.717) is 11.9 Å². The Hall–Kier alpha value is -1.30. The van der Waals surface area contributed by atoms with Crippen LogP contribution in [0, 0.1) is 0 Å². The standard InChI is InChI=1S/C17H31N5O/c1-14(16(23)21-8-3-4-9-21)20-10-12-22(13-11-20)17(18-2)19-15-6-5-7-15/h14-15H,3-13H2,1-2H3,(H,18,19). The normalized spacial score (nSPS) is 25.4. The summed E-state index contributed by atoms with van der Waals surface area (Å²) in [5.41, 5.74) is 0. The number of nitrogens with one attached hydrogen (secondary N) is 1. The zero-order valence-corrected chi connectivity index (χ0v) is 14.6. The van der Waals surface area contributed by atoms with Crippen LogP contribution < -0.4 is 5.32 Å². The fourth-order valence-electron chi connectivity index (χ4n) is 3.71. The Morgan fingerprint density at radius 3 is 2.17 bits per heavy atom. The monoisotopic (exact) mass is 321 g/mol. The minimum Gasteiger partial charge on any atom is -0.354 e. The maximum Gasteiger partial charge on any atom is 0.239 e. The van der Waals surface area contributed by atoms with Crippen molar-refractivity contribution in [3.8, 4) is 0 Å². The maximum absolute atomic E-state index is 12.5. The molecule has 0 aromatic heterocycles. The quantitative estimate of drug-likeness (QED) is 0.615. The van der Waals surface area contributed by atoms with Gasteiger partial charge in [-0.2, -0.15) is 0 Å². The predicted octanol–water partition coefficient (Wildman–Crippen LogP) is 0.743. The van der Waals surface area contributed by atoms with Gasteiger partial charge in [0.2, 0.25) is 5.91 Å². The summed E-state index contributed by atoms with van der Waals surface area (Å²) in [6.45, 7) is 7.73. The van der Waals surface area contributed by atoms with Gasteiger partial charge >= 0.3 is 0 Å². The third-order valence-electron chi connectivity index (χ3n) is 5.59. The molecule has 6 nitrogen and oxygen atoms in total. The molecule has 3 aliphatic rings. The van der Waals surface area contributed by atoms with Crippen molar-refractivity contribution in [2.24, 2.45) is 4.99 Å². The van der Waals surface area contributed by atoms with E-state index >= 15 is 0 Å². The van der Waals surface area contributed by atoms with Gasteiger partial charge in [0, 0.05) is 52.4 Å². The van der Waals surface area contributed by atoms with Gasteiger partial charge in [-0.25, -0.2) is 0 Å². The molecular weight excluding hydrogens is 290 g/mol. The van der Waals surface area contributed by atoms with Gasteiger partial charge in [0.15, 0.2) is 5.96 Å². The fourth-order valence-corrected chi connectivity index (χ4v) is 3.71. The first-order chi connectivity index (χ1) is 11.2. The number of hydrogen-bond donors (Lipinski definition) is 1. The van der Waals surface area contributed by atoms with Crippen LogP contribution in [0.15, 0.2) is 4.99 Å². The predicted molar refractivity (Wildman–Crippen MR) is 92.6 cm³/mol. The Balaban J connectivity index is 1.48. The third kappa shape index (κ3) is 3.79. The number of carbonyl (C=O) groups excluding carboxylic acids is 1. The van der Waals surface area contributed by atoms with Crippen LogP contribution in [0.2, 0.25) is 0 Å². The van der Waals surface area contributed by atoms with Crippen molar-refractivity contribution in [3.05, 3.63) is 0 Å². The summed E-state index contributed by atoms with van der Waals surface area (Å²) in [4.78, 5) is 23.7. The highest BCUT2D eigenvalue weighted by molar-refractivity contribution is 5.82. The molecule has 6 heteroatoms. The van der Waals surface area contributed by atoms with Gasteiger partial charge in [0.1, 0.15) is 0 Å². The van der Waals surface area contributed by atoms with E-state index in [0.717, 1.165) is 58.1 Å². The second kappa shape index (κ2) is 7.51. The van der Waals surface area contributed by atoms with E-state index in [1.807, 2.05) is 11.9 Å². The Morgan fingerprint density at radius 2 is 1.65 bits per heavy atom. The molecule has 2 aliphatic heterocycles. The summed E-state index contributed by atoms with van der Waals surface area (Å²) in [7, 11) is 1.87. The highest BCUT2D eigenvalue weighted by Gasteiger charge is 2.31. The van der Waals surface area contributed by atoms with E-state index in [-0.39, 0.29) is 6.04 Å². The van der Waals surface area contributed by atoms with Crippen molar-refractivity contribution in [1.29, 1.82) is 0 Å².